The lowest BCUT2D eigenvalue weighted by Gasteiger charge is -2.30. The molecule has 5 N–H and O–H groups in total. The molecular formula is C34H37F6N5O5S. The van der Waals surface area contributed by atoms with Gasteiger partial charge in [0.15, 0.2) is 6.61 Å². The van der Waals surface area contributed by atoms with E-state index in [1.165, 1.54) is 12.1 Å². The van der Waals surface area contributed by atoms with Crippen LogP contribution in [0, 0.1) is 11.8 Å². The minimum atomic E-state index is -4.73. The zero-order valence-electron chi connectivity index (χ0n) is 27.7. The Morgan fingerprint density at radius 1 is 1.06 bits per heavy atom. The van der Waals surface area contributed by atoms with E-state index in [4.69, 9.17) is 10.5 Å². The predicted molar refractivity (Wildman–Crippen MR) is 181 cm³/mol. The van der Waals surface area contributed by atoms with Crippen LogP contribution in [0.4, 0.5) is 37.7 Å². The van der Waals surface area contributed by atoms with Crippen molar-refractivity contribution in [3.8, 4) is 17.6 Å². The first-order chi connectivity index (χ1) is 24.0. The lowest BCUT2D eigenvalue weighted by atomic mass is 10.0. The number of anilines is 2. The van der Waals surface area contributed by atoms with E-state index < -0.39 is 49.2 Å². The van der Waals surface area contributed by atoms with Crippen molar-refractivity contribution in [1.82, 2.24) is 10.2 Å². The van der Waals surface area contributed by atoms with Crippen LogP contribution in [0.5, 0.6) is 5.75 Å². The Kier molecular flexibility index (Phi) is 13.0. The highest BCUT2D eigenvalue weighted by molar-refractivity contribution is 7.20. The standard InChI is InChI=1S/C34H37F6N5O5S/c1-45-15-12-21(13-16-45)43-25-6-3-5-22-23(18-33(35,36)37)28(51-30(22)25)7-4-14-42-24-9-8-20(17-27(24)50-19-34(38,39)40)31(47)44-26(32(48)49-2)10-11-29(41)46/h3,5-6,8-9,17,21,26,42-43H,10-16,18-19H2,1-2H3,(H2,41,46)(H,44,47)/t26-/m1/s1. The van der Waals surface area contributed by atoms with Gasteiger partial charge < -0.3 is 36.1 Å². The maximum Gasteiger partial charge on any atom is 0.422 e. The molecule has 0 unspecified atom stereocenters. The molecule has 276 valence electrons. The molecule has 10 nitrogen and oxygen atoms in total. The van der Waals surface area contributed by atoms with Gasteiger partial charge in [-0.2, -0.15) is 26.3 Å². The maximum absolute atomic E-state index is 13.7. The Morgan fingerprint density at radius 3 is 2.43 bits per heavy atom. The summed E-state index contributed by atoms with van der Waals surface area (Å²) in [7, 11) is 3.10. The second-order valence-corrected chi connectivity index (χ2v) is 13.0. The highest BCUT2D eigenvalue weighted by Crippen LogP contribution is 2.39. The number of rotatable bonds is 13. The van der Waals surface area contributed by atoms with Crippen molar-refractivity contribution in [3.05, 3.63) is 52.4 Å². The van der Waals surface area contributed by atoms with Crippen LogP contribution < -0.4 is 26.4 Å². The molecule has 2 heterocycles. The number of thiophene rings is 1. The third-order valence-electron chi connectivity index (χ3n) is 7.95. The van der Waals surface area contributed by atoms with Gasteiger partial charge in [-0.1, -0.05) is 24.0 Å². The molecule has 2 aromatic carbocycles. The lowest BCUT2D eigenvalue weighted by Crippen LogP contribution is -2.42. The van der Waals surface area contributed by atoms with Crippen molar-refractivity contribution in [1.29, 1.82) is 0 Å². The first-order valence-electron chi connectivity index (χ1n) is 15.8. The number of nitrogens with one attached hydrogen (secondary N) is 3. The first-order valence-corrected chi connectivity index (χ1v) is 16.6. The van der Waals surface area contributed by atoms with Crippen LogP contribution in [0.25, 0.3) is 10.1 Å². The molecule has 0 spiro atoms. The van der Waals surface area contributed by atoms with Crippen LogP contribution in [-0.4, -0.2) is 87.5 Å². The minimum Gasteiger partial charge on any atom is -0.482 e. The zero-order valence-corrected chi connectivity index (χ0v) is 28.5. The smallest absolute Gasteiger partial charge is 0.422 e. The summed E-state index contributed by atoms with van der Waals surface area (Å²) in [6, 6.07) is 7.59. The van der Waals surface area contributed by atoms with Gasteiger partial charge in [-0.05, 0) is 74.6 Å². The van der Waals surface area contributed by atoms with Gasteiger partial charge in [-0.3, -0.25) is 9.59 Å². The average molecular weight is 742 g/mol. The summed E-state index contributed by atoms with van der Waals surface area (Å²) in [6.07, 6.45) is -9.08. The van der Waals surface area contributed by atoms with Gasteiger partial charge in [0, 0.05) is 18.0 Å². The lowest BCUT2D eigenvalue weighted by molar-refractivity contribution is -0.153. The van der Waals surface area contributed by atoms with Crippen molar-refractivity contribution in [3.63, 3.8) is 0 Å². The fraction of sp³-hybridized carbons (Fsp3) is 0.441. The summed E-state index contributed by atoms with van der Waals surface area (Å²) < 4.78 is 90.5. The fourth-order valence-electron chi connectivity index (χ4n) is 5.41. The number of carbonyl (C=O) groups is 3. The molecule has 0 bridgehead atoms. The Labute approximate surface area is 294 Å². The Balaban J connectivity index is 1.57. The van der Waals surface area contributed by atoms with Crippen LogP contribution in [-0.2, 0) is 20.7 Å². The van der Waals surface area contributed by atoms with Crippen molar-refractivity contribution < 1.29 is 50.2 Å². The number of alkyl halides is 6. The van der Waals surface area contributed by atoms with Crippen LogP contribution in [0.15, 0.2) is 36.4 Å². The van der Waals surface area contributed by atoms with Crippen LogP contribution in [0.3, 0.4) is 0 Å². The number of benzene rings is 2. The maximum atomic E-state index is 13.7. The molecule has 1 aliphatic heterocycles. The molecule has 17 heteroatoms. The monoisotopic (exact) mass is 741 g/mol. The molecule has 1 aromatic heterocycles. The Morgan fingerprint density at radius 2 is 1.78 bits per heavy atom. The number of hydrogen-bond donors (Lipinski definition) is 4. The molecule has 1 aliphatic rings. The molecule has 0 saturated carbocycles. The number of esters is 1. The van der Waals surface area contributed by atoms with Crippen molar-refractivity contribution in [2.24, 2.45) is 5.73 Å². The predicted octanol–water partition coefficient (Wildman–Crippen LogP) is 5.45. The van der Waals surface area contributed by atoms with Crippen molar-refractivity contribution in [2.45, 2.75) is 56.5 Å². The highest BCUT2D eigenvalue weighted by atomic mass is 32.1. The number of fused-ring (bicyclic) bond motifs is 1. The van der Waals surface area contributed by atoms with Gasteiger partial charge >= 0.3 is 18.3 Å². The molecule has 1 atom stereocenters. The number of nitrogens with zero attached hydrogens (tertiary/aromatic N) is 1. The highest BCUT2D eigenvalue weighted by Gasteiger charge is 2.32. The number of carbonyl (C=O) groups excluding carboxylic acids is 3. The molecule has 1 fully saturated rings. The van der Waals surface area contributed by atoms with E-state index in [1.807, 2.05) is 13.1 Å². The van der Waals surface area contributed by atoms with E-state index in [1.54, 1.807) is 12.1 Å². The molecular weight excluding hydrogens is 704 g/mol. The molecule has 0 radical (unpaired) electrons. The van der Waals surface area contributed by atoms with Crippen molar-refractivity contribution in [2.75, 3.05) is 51.0 Å². The normalized spacial score (nSPS) is 14.7. The summed E-state index contributed by atoms with van der Waals surface area (Å²) in [6.45, 7) is -0.104. The number of primary amides is 1. The van der Waals surface area contributed by atoms with E-state index in [0.717, 1.165) is 56.1 Å². The number of ether oxygens (including phenoxy) is 2. The Hall–Kier alpha value is -4.69. The molecule has 1 saturated heterocycles. The van der Waals surface area contributed by atoms with Gasteiger partial charge in [0.1, 0.15) is 11.8 Å². The first kappa shape index (κ1) is 39.1. The van der Waals surface area contributed by atoms with Gasteiger partial charge in [0.25, 0.3) is 5.91 Å². The van der Waals surface area contributed by atoms with Crippen LogP contribution >= 0.6 is 11.3 Å². The molecule has 4 rings (SSSR count). The molecule has 51 heavy (non-hydrogen) atoms. The van der Waals surface area contributed by atoms with Gasteiger partial charge in [0.2, 0.25) is 5.91 Å². The number of amides is 2. The molecule has 2 amide bonds. The van der Waals surface area contributed by atoms with Gasteiger partial charge in [-0.15, -0.1) is 11.3 Å². The largest absolute Gasteiger partial charge is 0.482 e. The quantitative estimate of drug-likeness (QED) is 0.103. The molecule has 3 aromatic rings. The van der Waals surface area contributed by atoms with Crippen LogP contribution in [0.2, 0.25) is 0 Å². The fourth-order valence-corrected chi connectivity index (χ4v) is 6.58. The zero-order chi connectivity index (χ0) is 37.3. The van der Waals surface area contributed by atoms with Gasteiger partial charge in [-0.25, -0.2) is 4.79 Å². The SMILES string of the molecule is COC(=O)[C@@H](CCC(N)=O)NC(=O)c1ccc(NCC#Cc2sc3c(NC4CCN(C)CC4)cccc3c2CC(F)(F)F)c(OCC(F)(F)F)c1. The third kappa shape index (κ3) is 11.7. The minimum absolute atomic E-state index is 0.0137. The van der Waals surface area contributed by atoms with E-state index in [9.17, 15) is 40.7 Å². The summed E-state index contributed by atoms with van der Waals surface area (Å²) in [5, 5.41) is 9.09. The average Bonchev–Trinajstić information content (AvgIpc) is 3.40. The number of methoxy groups -OCH3 is 1. The second kappa shape index (κ2) is 17.0. The number of halogens is 6. The number of hydrogen-bond acceptors (Lipinski definition) is 9. The molecule has 0 aliphatic carbocycles. The summed E-state index contributed by atoms with van der Waals surface area (Å²) >= 11 is 1.13. The van der Waals surface area contributed by atoms with E-state index >= 15 is 0 Å². The topological polar surface area (TPSA) is 135 Å². The summed E-state index contributed by atoms with van der Waals surface area (Å²) in [5.41, 5.74) is 5.72. The van der Waals surface area contributed by atoms with Crippen LogP contribution in [0.1, 0.15) is 46.5 Å². The van der Waals surface area contributed by atoms with E-state index in [2.05, 4.69) is 37.4 Å². The Bertz CT molecular complexity index is 1780. The second-order valence-electron chi connectivity index (χ2n) is 11.9. The van der Waals surface area contributed by atoms with Gasteiger partial charge in [0.05, 0.1) is 41.0 Å². The van der Waals surface area contributed by atoms with E-state index in [-0.39, 0.29) is 52.9 Å². The van der Waals surface area contributed by atoms with E-state index in [0.29, 0.717) is 10.1 Å². The summed E-state index contributed by atoms with van der Waals surface area (Å²) in [4.78, 5) is 38.6. The third-order valence-corrected chi connectivity index (χ3v) is 9.15. The number of piperidine rings is 1. The number of likely N-dealkylation sites (tertiary alicyclic amines) is 1. The summed E-state index contributed by atoms with van der Waals surface area (Å²) in [5.74, 6) is 2.72. The number of nitrogens with two attached hydrogens (primary N) is 1. The van der Waals surface area contributed by atoms with Crippen molar-refractivity contribution >= 4 is 50.6 Å².